The third-order valence-electron chi connectivity index (χ3n) is 16.1. The summed E-state index contributed by atoms with van der Waals surface area (Å²) in [6.07, 6.45) is 29.1. The molecule has 29 nitrogen and oxygen atoms in total. The molecule has 37 heteroatoms. The number of hydrogen-bond acceptors (Lipinski definition) is 29. The monoisotopic (exact) mass is 1640 g/mol. The van der Waals surface area contributed by atoms with E-state index in [9.17, 15) is 49.0 Å². The van der Waals surface area contributed by atoms with Crippen molar-refractivity contribution >= 4 is 165 Å². The molecule has 110 heavy (non-hydrogen) atoms. The molecule has 3 atom stereocenters. The van der Waals surface area contributed by atoms with Crippen LogP contribution in [0.25, 0.3) is 0 Å². The number of allylic oxidation sites excluding steroid dienone is 1. The van der Waals surface area contributed by atoms with Crippen LogP contribution in [0.4, 0.5) is 38.1 Å². The molecule has 0 saturated carbocycles. The van der Waals surface area contributed by atoms with Gasteiger partial charge in [0.15, 0.2) is 15.4 Å². The number of nitrogens with one attached hydrogen (secondary N) is 4. The Morgan fingerprint density at radius 1 is 0.482 bits per heavy atom. The van der Waals surface area contributed by atoms with Gasteiger partial charge in [-0.15, -0.1) is 35.3 Å². The van der Waals surface area contributed by atoms with E-state index in [2.05, 4.69) is 79.3 Å². The van der Waals surface area contributed by atoms with E-state index in [0.717, 1.165) is 120 Å². The lowest BCUT2D eigenvalue weighted by Crippen LogP contribution is -2.45. The van der Waals surface area contributed by atoms with E-state index in [0.29, 0.717) is 54.2 Å². The standard InChI is InChI=1S/C23H24N6O2S2.C20H20N6O3S2.C20H22N6OS2.C7H4ClNO3.C3H3ClO/c1-2-20(30)27-18-7-5-17(6-8-18)22(31)29-9-3-4-19(13-29)28-23-26-12-21(33-23)32-14-16-10-24-15-25-11-16;27-19(15-3-5-17(6-4-15)26(28)29)25-7-1-2-16(11-25)24-20-23-10-18(31-20)30-12-14-8-21-13-22-9-14;21-16-5-3-15(4-6-16)19(27)26-7-1-2-17(11-26)25-20-24-10-18(29-20)28-12-14-8-22-13-23-9-14;8-7(10)5-1-3-6(4-2-5)9(11)12;1-2-3(4)5/h2,5-8,10-12,15,19H,1,3-4,9,13-14H2,(H,26,28)(H,27,30);3-6,8-10,13,16H,1-2,7,11-12H2,(H,23,24);3-6,8-10,13,17H,1-2,7,11-12,21H2,(H,24,25);1-4H;2H,1H2/t19-;16-;17-;;/m111../s1. The number of rotatable bonds is 24. The number of nitrogens with two attached hydrogens (primary N) is 1. The number of hydrogen-bond donors (Lipinski definition) is 5. The summed E-state index contributed by atoms with van der Waals surface area (Å²) in [4.78, 5) is 133. The summed E-state index contributed by atoms with van der Waals surface area (Å²) in [5.74, 6) is 2.04. The highest BCUT2D eigenvalue weighted by Crippen LogP contribution is 2.35. The molecule has 0 bridgehead atoms. The van der Waals surface area contributed by atoms with E-state index in [1.807, 2.05) is 53.2 Å². The number of halogens is 2. The molecule has 0 radical (unpaired) electrons. The van der Waals surface area contributed by atoms with Crippen molar-refractivity contribution in [3.05, 3.63) is 256 Å². The largest absolute Gasteiger partial charge is 0.399 e. The SMILES string of the molecule is C=CC(=O)Cl.C=CC(=O)Nc1ccc(C(=O)N2CCC[C@@H](Nc3ncc(SCc4cncnc4)s3)C2)cc1.Nc1ccc(C(=O)N2CCC[C@@H](Nc3ncc(SCc4cncnc4)s3)C2)cc1.O=C(Cl)c1ccc([N+](=O)[O-])cc1.O=C(c1ccc([N+](=O)[O-])cc1)N1CCC[C@@H](Nc2ncc(SCc3cncnc3)s2)C1. The molecule has 0 unspecified atom stereocenters. The number of carbonyl (C=O) groups is 6. The molecule has 3 aliphatic heterocycles. The van der Waals surface area contributed by atoms with Gasteiger partial charge in [0.2, 0.25) is 11.1 Å². The van der Waals surface area contributed by atoms with Crippen molar-refractivity contribution in [1.29, 1.82) is 0 Å². The number of non-ortho nitro benzene ring substituents is 2. The summed E-state index contributed by atoms with van der Waals surface area (Å²) < 4.78 is 3.36. The maximum Gasteiger partial charge on any atom is 0.269 e. The lowest BCUT2D eigenvalue weighted by Gasteiger charge is -2.33. The second-order valence-corrected chi connectivity index (χ2v) is 31.7. The highest BCUT2D eigenvalue weighted by molar-refractivity contribution is 8.01. The number of nitrogens with zero attached hydrogens (tertiary/aromatic N) is 14. The number of nitro benzene ring substituents is 2. The molecule has 10 aromatic rings. The van der Waals surface area contributed by atoms with Gasteiger partial charge < -0.3 is 41.7 Å². The van der Waals surface area contributed by atoms with E-state index in [4.69, 9.17) is 28.9 Å². The van der Waals surface area contributed by atoms with Crippen molar-refractivity contribution in [2.45, 2.75) is 86.5 Å². The number of piperidine rings is 3. The summed E-state index contributed by atoms with van der Waals surface area (Å²) in [5.41, 5.74) is 12.1. The minimum Gasteiger partial charge on any atom is -0.399 e. The summed E-state index contributed by atoms with van der Waals surface area (Å²) in [7, 11) is 0. The third kappa shape index (κ3) is 27.5. The van der Waals surface area contributed by atoms with Crippen LogP contribution in [-0.4, -0.2) is 161 Å². The highest BCUT2D eigenvalue weighted by atomic mass is 35.5. The topological polar surface area (TPSA) is 389 Å². The Kier molecular flexibility index (Phi) is 33.0. The maximum atomic E-state index is 13.0. The van der Waals surface area contributed by atoms with E-state index in [-0.39, 0.29) is 58.7 Å². The van der Waals surface area contributed by atoms with E-state index in [1.165, 1.54) is 73.6 Å². The fraction of sp³-hybridized carbons (Fsp3) is 0.247. The van der Waals surface area contributed by atoms with Gasteiger partial charge in [0, 0.05) is 170 Å². The number of carbonyl (C=O) groups excluding carboxylic acids is 6. The average molecular weight is 1640 g/mol. The zero-order chi connectivity index (χ0) is 78.2. The zero-order valence-corrected chi connectivity index (χ0v) is 65.1. The second-order valence-electron chi connectivity index (χ2n) is 24.0. The molecule has 4 amide bonds. The number of thiazole rings is 3. The third-order valence-corrected chi connectivity index (χ3v) is 23.0. The molecule has 6 N–H and O–H groups in total. The summed E-state index contributed by atoms with van der Waals surface area (Å²) in [5, 5.41) is 35.6. The number of nitro groups is 2. The second kappa shape index (κ2) is 43.5. The minimum absolute atomic E-state index is 0.0106. The van der Waals surface area contributed by atoms with Crippen LogP contribution < -0.4 is 27.0 Å². The smallest absolute Gasteiger partial charge is 0.269 e. The van der Waals surface area contributed by atoms with Crippen LogP contribution in [0.15, 0.2) is 210 Å². The average Bonchev–Trinajstić information content (AvgIpc) is 1.12. The van der Waals surface area contributed by atoms with Gasteiger partial charge in [-0.3, -0.25) is 49.0 Å². The Bertz CT molecular complexity index is 4670. The van der Waals surface area contributed by atoms with Gasteiger partial charge in [0.1, 0.15) is 19.0 Å². The lowest BCUT2D eigenvalue weighted by atomic mass is 10.0. The van der Waals surface area contributed by atoms with Gasteiger partial charge in [-0.1, -0.05) is 47.2 Å². The summed E-state index contributed by atoms with van der Waals surface area (Å²) in [6.45, 7) is 10.6. The maximum absolute atomic E-state index is 13.0. The van der Waals surface area contributed by atoms with Crippen molar-refractivity contribution in [1.82, 2.24) is 59.6 Å². The molecule has 13 rings (SSSR count). The molecule has 9 heterocycles. The normalized spacial score (nSPS) is 14.9. The Hall–Kier alpha value is -10.7. The molecule has 6 aromatic heterocycles. The van der Waals surface area contributed by atoms with Crippen LogP contribution in [0.2, 0.25) is 0 Å². The Morgan fingerprint density at radius 3 is 1.09 bits per heavy atom. The lowest BCUT2D eigenvalue weighted by molar-refractivity contribution is -0.385. The first-order valence-electron chi connectivity index (χ1n) is 33.8. The van der Waals surface area contributed by atoms with Crippen molar-refractivity contribution < 1.29 is 38.6 Å². The van der Waals surface area contributed by atoms with Crippen molar-refractivity contribution in [2.75, 3.05) is 66.3 Å². The first-order valence-corrected chi connectivity index (χ1v) is 39.9. The van der Waals surface area contributed by atoms with Crippen LogP contribution in [0.5, 0.6) is 0 Å². The van der Waals surface area contributed by atoms with E-state index < -0.39 is 20.3 Å². The van der Waals surface area contributed by atoms with Gasteiger partial charge in [-0.25, -0.2) is 44.9 Å². The summed E-state index contributed by atoms with van der Waals surface area (Å²) >= 11 is 19.8. The molecular weight excluding hydrogens is 1570 g/mol. The van der Waals surface area contributed by atoms with Crippen molar-refractivity contribution in [2.24, 2.45) is 0 Å². The molecule has 3 fully saturated rings. The quantitative estimate of drug-likeness (QED) is 0.00936. The van der Waals surface area contributed by atoms with Crippen LogP contribution in [0.3, 0.4) is 0 Å². The van der Waals surface area contributed by atoms with E-state index in [1.54, 1.807) is 135 Å². The van der Waals surface area contributed by atoms with Crippen LogP contribution in [0.1, 0.15) is 96.6 Å². The van der Waals surface area contributed by atoms with Crippen LogP contribution in [-0.2, 0) is 26.8 Å². The summed E-state index contributed by atoms with van der Waals surface area (Å²) in [6, 6.07) is 25.4. The number of nitrogen functional groups attached to an aromatic ring is 1. The minimum atomic E-state index is -0.620. The van der Waals surface area contributed by atoms with Crippen molar-refractivity contribution in [3.63, 3.8) is 0 Å². The Balaban J connectivity index is 0.000000172. The van der Waals surface area contributed by atoms with Crippen LogP contribution >= 0.6 is 92.5 Å². The fourth-order valence-electron chi connectivity index (χ4n) is 10.7. The van der Waals surface area contributed by atoms with Crippen LogP contribution in [0, 0.1) is 20.2 Å². The van der Waals surface area contributed by atoms with E-state index >= 15 is 0 Å². The number of aromatic nitrogens is 9. The molecule has 3 saturated heterocycles. The first kappa shape index (κ1) is 83.4. The van der Waals surface area contributed by atoms with Crippen molar-refractivity contribution in [3.8, 4) is 0 Å². The number of benzene rings is 4. The van der Waals surface area contributed by atoms with Gasteiger partial charge in [0.25, 0.3) is 34.3 Å². The number of anilines is 5. The first-order chi connectivity index (χ1) is 53.2. The molecule has 0 aliphatic carbocycles. The van der Waals surface area contributed by atoms with Gasteiger partial charge in [-0.2, -0.15) is 0 Å². The molecule has 3 aliphatic rings. The zero-order valence-electron chi connectivity index (χ0n) is 58.7. The highest BCUT2D eigenvalue weighted by Gasteiger charge is 2.29. The molecule has 570 valence electrons. The molecular formula is C73H73Cl2N19O10S6. The predicted molar refractivity (Wildman–Crippen MR) is 432 cm³/mol. The number of likely N-dealkylation sites (tertiary alicyclic amines) is 3. The fourth-order valence-corrected chi connectivity index (χ4v) is 16.4. The molecule has 4 aromatic carbocycles. The Labute approximate surface area is 667 Å². The Morgan fingerprint density at radius 2 is 0.791 bits per heavy atom. The van der Waals surface area contributed by atoms with Gasteiger partial charge in [0.05, 0.1) is 41.1 Å². The predicted octanol–water partition coefficient (Wildman–Crippen LogP) is 14.4. The van der Waals surface area contributed by atoms with Gasteiger partial charge >= 0.3 is 0 Å². The number of amides is 4. The number of thioether (sulfide) groups is 3. The van der Waals surface area contributed by atoms with Gasteiger partial charge in [-0.05, 0) is 163 Å². The molecule has 0 spiro atoms.